The predicted octanol–water partition coefficient (Wildman–Crippen LogP) is 1.67. The Balaban J connectivity index is 1.56. The van der Waals surface area contributed by atoms with Crippen molar-refractivity contribution in [1.29, 1.82) is 0 Å². The SMILES string of the molecule is CN1CCN(S(=O)(=O)c2ccc(N(C)CCOc3ccc(F)cc3)nc2)CC1. The highest BCUT2D eigenvalue weighted by Crippen LogP contribution is 2.19. The van der Waals surface area contributed by atoms with E-state index in [1.165, 1.54) is 22.6 Å². The van der Waals surface area contributed by atoms with Crippen LogP contribution in [0.4, 0.5) is 10.2 Å². The highest BCUT2D eigenvalue weighted by atomic mass is 32.2. The van der Waals surface area contributed by atoms with Gasteiger partial charge in [-0.1, -0.05) is 0 Å². The molecular weight excluding hydrogens is 383 g/mol. The number of piperazine rings is 1. The fraction of sp³-hybridized carbons (Fsp3) is 0.421. The van der Waals surface area contributed by atoms with Gasteiger partial charge in [0.25, 0.3) is 0 Å². The van der Waals surface area contributed by atoms with E-state index in [9.17, 15) is 12.8 Å². The van der Waals surface area contributed by atoms with Gasteiger partial charge in [-0.3, -0.25) is 0 Å². The number of ether oxygens (including phenoxy) is 1. The van der Waals surface area contributed by atoms with Crippen LogP contribution >= 0.6 is 0 Å². The molecular formula is C19H25FN4O3S. The third kappa shape index (κ3) is 4.98. The summed E-state index contributed by atoms with van der Waals surface area (Å²) in [5.74, 6) is 0.941. The average Bonchev–Trinajstić information content (AvgIpc) is 2.70. The lowest BCUT2D eigenvalue weighted by atomic mass is 10.3. The summed E-state index contributed by atoms with van der Waals surface area (Å²) >= 11 is 0. The van der Waals surface area contributed by atoms with E-state index in [0.717, 1.165) is 13.1 Å². The molecule has 1 aromatic heterocycles. The van der Waals surface area contributed by atoms with Crippen molar-refractivity contribution in [2.24, 2.45) is 0 Å². The number of hydrogen-bond acceptors (Lipinski definition) is 6. The molecule has 0 amide bonds. The lowest BCUT2D eigenvalue weighted by molar-refractivity contribution is 0.222. The third-order valence-electron chi connectivity index (χ3n) is 4.72. The van der Waals surface area contributed by atoms with Crippen LogP contribution in [-0.4, -0.2) is 76.0 Å². The maximum absolute atomic E-state index is 12.9. The summed E-state index contributed by atoms with van der Waals surface area (Å²) in [7, 11) is 0.320. The number of pyridine rings is 1. The highest BCUT2D eigenvalue weighted by molar-refractivity contribution is 7.89. The van der Waals surface area contributed by atoms with E-state index in [-0.39, 0.29) is 10.7 Å². The third-order valence-corrected chi connectivity index (χ3v) is 6.60. The van der Waals surface area contributed by atoms with Crippen molar-refractivity contribution in [3.05, 3.63) is 48.4 Å². The first-order valence-corrected chi connectivity index (χ1v) is 10.5. The van der Waals surface area contributed by atoms with Gasteiger partial charge in [0.05, 0.1) is 6.54 Å². The van der Waals surface area contributed by atoms with Gasteiger partial charge in [0.15, 0.2) is 0 Å². The van der Waals surface area contributed by atoms with Crippen LogP contribution in [0.15, 0.2) is 47.5 Å². The number of likely N-dealkylation sites (N-methyl/N-ethyl adjacent to an activating group) is 2. The largest absolute Gasteiger partial charge is 0.492 e. The van der Waals surface area contributed by atoms with E-state index in [4.69, 9.17) is 4.74 Å². The van der Waals surface area contributed by atoms with Crippen LogP contribution in [0.3, 0.4) is 0 Å². The van der Waals surface area contributed by atoms with Gasteiger partial charge in [-0.2, -0.15) is 4.31 Å². The van der Waals surface area contributed by atoms with E-state index in [2.05, 4.69) is 9.88 Å². The fourth-order valence-corrected chi connectivity index (χ4v) is 4.24. The molecule has 1 fully saturated rings. The summed E-state index contributed by atoms with van der Waals surface area (Å²) in [6, 6.07) is 9.13. The van der Waals surface area contributed by atoms with Gasteiger partial charge in [-0.25, -0.2) is 17.8 Å². The molecule has 0 bridgehead atoms. The minimum absolute atomic E-state index is 0.205. The molecule has 1 aliphatic heterocycles. The number of rotatable bonds is 7. The fourth-order valence-electron chi connectivity index (χ4n) is 2.87. The Morgan fingerprint density at radius 2 is 1.79 bits per heavy atom. The Morgan fingerprint density at radius 3 is 2.39 bits per heavy atom. The molecule has 0 radical (unpaired) electrons. The maximum atomic E-state index is 12.9. The van der Waals surface area contributed by atoms with Crippen molar-refractivity contribution in [3.63, 3.8) is 0 Å². The molecule has 3 rings (SSSR count). The number of benzene rings is 1. The molecule has 2 heterocycles. The summed E-state index contributed by atoms with van der Waals surface area (Å²) < 4.78 is 45.4. The molecule has 28 heavy (non-hydrogen) atoms. The highest BCUT2D eigenvalue weighted by Gasteiger charge is 2.27. The van der Waals surface area contributed by atoms with E-state index >= 15 is 0 Å². The first kappa shape index (κ1) is 20.5. The second kappa shape index (κ2) is 8.85. The lowest BCUT2D eigenvalue weighted by Crippen LogP contribution is -2.47. The molecule has 0 aliphatic carbocycles. The second-order valence-electron chi connectivity index (χ2n) is 6.78. The average molecular weight is 408 g/mol. The molecule has 9 heteroatoms. The monoisotopic (exact) mass is 408 g/mol. The summed E-state index contributed by atoms with van der Waals surface area (Å²) in [4.78, 5) is 8.48. The van der Waals surface area contributed by atoms with E-state index < -0.39 is 10.0 Å². The van der Waals surface area contributed by atoms with Crippen LogP contribution < -0.4 is 9.64 Å². The van der Waals surface area contributed by atoms with Crippen LogP contribution in [0.2, 0.25) is 0 Å². The van der Waals surface area contributed by atoms with Gasteiger partial charge < -0.3 is 14.5 Å². The second-order valence-corrected chi connectivity index (χ2v) is 8.72. The molecule has 0 spiro atoms. The van der Waals surface area contributed by atoms with Crippen LogP contribution in [0.1, 0.15) is 0 Å². The molecule has 1 saturated heterocycles. The molecule has 0 unspecified atom stereocenters. The van der Waals surface area contributed by atoms with Gasteiger partial charge in [0, 0.05) is 39.4 Å². The predicted molar refractivity (Wildman–Crippen MR) is 106 cm³/mol. The summed E-state index contributed by atoms with van der Waals surface area (Å²) in [6.07, 6.45) is 1.40. The number of aromatic nitrogens is 1. The minimum Gasteiger partial charge on any atom is -0.492 e. The van der Waals surface area contributed by atoms with Crippen molar-refractivity contribution in [3.8, 4) is 5.75 Å². The zero-order valence-corrected chi connectivity index (χ0v) is 16.9. The summed E-state index contributed by atoms with van der Waals surface area (Å²) in [6.45, 7) is 3.37. The summed E-state index contributed by atoms with van der Waals surface area (Å²) in [5, 5.41) is 0. The zero-order valence-electron chi connectivity index (χ0n) is 16.1. The van der Waals surface area contributed by atoms with Crippen molar-refractivity contribution in [2.45, 2.75) is 4.90 Å². The van der Waals surface area contributed by atoms with Gasteiger partial charge in [-0.05, 0) is 43.4 Å². The number of nitrogens with zero attached hydrogens (tertiary/aromatic N) is 4. The van der Waals surface area contributed by atoms with E-state index in [1.54, 1.807) is 24.3 Å². The molecule has 0 atom stereocenters. The first-order valence-electron chi connectivity index (χ1n) is 9.10. The smallest absolute Gasteiger partial charge is 0.244 e. The Bertz CT molecular complexity index is 867. The van der Waals surface area contributed by atoms with Gasteiger partial charge in [-0.15, -0.1) is 0 Å². The van der Waals surface area contributed by atoms with Crippen molar-refractivity contribution >= 4 is 15.8 Å². The number of halogens is 1. The van der Waals surface area contributed by atoms with Crippen molar-refractivity contribution in [2.75, 3.05) is 58.3 Å². The van der Waals surface area contributed by atoms with Crippen molar-refractivity contribution < 1.29 is 17.5 Å². The van der Waals surface area contributed by atoms with Crippen molar-refractivity contribution in [1.82, 2.24) is 14.2 Å². The molecule has 7 nitrogen and oxygen atoms in total. The molecule has 0 N–H and O–H groups in total. The molecule has 2 aromatic rings. The Kier molecular flexibility index (Phi) is 6.48. The van der Waals surface area contributed by atoms with Crippen LogP contribution in [0.25, 0.3) is 0 Å². The zero-order chi connectivity index (χ0) is 20.1. The lowest BCUT2D eigenvalue weighted by Gasteiger charge is -2.31. The van der Waals surface area contributed by atoms with E-state index in [0.29, 0.717) is 37.8 Å². The maximum Gasteiger partial charge on any atom is 0.244 e. The standard InChI is InChI=1S/C19H25FN4O3S/c1-22-9-11-24(12-10-22)28(25,26)18-7-8-19(21-15-18)23(2)13-14-27-17-5-3-16(20)4-6-17/h3-8,15H,9-14H2,1-2H3. The van der Waals surface area contributed by atoms with Gasteiger partial charge >= 0.3 is 0 Å². The minimum atomic E-state index is -3.51. The van der Waals surface area contributed by atoms with Crippen LogP contribution in [-0.2, 0) is 10.0 Å². The normalized spacial score (nSPS) is 16.1. The Hall–Kier alpha value is -2.23. The topological polar surface area (TPSA) is 66.0 Å². The first-order chi connectivity index (χ1) is 13.4. The van der Waals surface area contributed by atoms with Crippen LogP contribution in [0, 0.1) is 5.82 Å². The Morgan fingerprint density at radius 1 is 1.11 bits per heavy atom. The molecule has 0 saturated carbocycles. The molecule has 1 aromatic carbocycles. The quantitative estimate of drug-likeness (QED) is 0.695. The van der Waals surface area contributed by atoms with Gasteiger partial charge in [0.1, 0.15) is 28.9 Å². The molecule has 152 valence electrons. The van der Waals surface area contributed by atoms with E-state index in [1.807, 2.05) is 19.0 Å². The van der Waals surface area contributed by atoms with Gasteiger partial charge in [0.2, 0.25) is 10.0 Å². The molecule has 1 aliphatic rings. The summed E-state index contributed by atoms with van der Waals surface area (Å²) in [5.41, 5.74) is 0. The number of anilines is 1. The number of hydrogen-bond donors (Lipinski definition) is 0. The number of sulfonamides is 1. The Labute approximate surface area is 165 Å². The van der Waals surface area contributed by atoms with Crippen LogP contribution in [0.5, 0.6) is 5.75 Å².